The Kier molecular flexibility index (Phi) is 6.03. The smallest absolute Gasteiger partial charge is 0.303 e. The van der Waals surface area contributed by atoms with Gasteiger partial charge in [0.05, 0.1) is 0 Å². The molecule has 5 nitrogen and oxygen atoms in total. The maximum absolute atomic E-state index is 11.8. The number of hydrogen-bond donors (Lipinski definition) is 1. The molecule has 0 aliphatic carbocycles. The third-order valence-corrected chi connectivity index (χ3v) is 2.99. The topological polar surface area (TPSA) is 66.8 Å². The van der Waals surface area contributed by atoms with Crippen LogP contribution in [0.3, 0.4) is 0 Å². The number of carbonyl (C=O) groups excluding carboxylic acids is 1. The minimum absolute atomic E-state index is 0.0343. The van der Waals surface area contributed by atoms with Gasteiger partial charge in [0, 0.05) is 20.0 Å². The molecule has 5 heteroatoms. The van der Waals surface area contributed by atoms with Crippen molar-refractivity contribution in [3.8, 4) is 5.75 Å². The molecule has 0 saturated carbocycles. The Bertz CT molecular complexity index is 485. The number of likely N-dealkylation sites (N-methyl/N-ethyl adjacent to an activating group) is 1. The van der Waals surface area contributed by atoms with Crippen LogP contribution in [-0.2, 0) is 9.59 Å². The number of aryl methyl sites for hydroxylation is 2. The zero-order valence-corrected chi connectivity index (χ0v) is 12.2. The predicted molar refractivity (Wildman–Crippen MR) is 75.9 cm³/mol. The molecule has 1 N–H and O–H groups in total. The number of benzene rings is 1. The Hall–Kier alpha value is -2.04. The molecule has 0 aromatic heterocycles. The summed E-state index contributed by atoms with van der Waals surface area (Å²) in [5.74, 6) is -0.310. The Morgan fingerprint density at radius 1 is 1.30 bits per heavy atom. The average Bonchev–Trinajstić information content (AvgIpc) is 2.36. The van der Waals surface area contributed by atoms with Crippen molar-refractivity contribution in [1.82, 2.24) is 4.90 Å². The maximum atomic E-state index is 11.8. The Morgan fingerprint density at radius 3 is 2.60 bits per heavy atom. The summed E-state index contributed by atoms with van der Waals surface area (Å²) in [5, 5.41) is 8.54. The van der Waals surface area contributed by atoms with Crippen molar-refractivity contribution in [3.05, 3.63) is 29.3 Å². The molecule has 1 aromatic rings. The van der Waals surface area contributed by atoms with E-state index in [1.165, 1.54) is 4.90 Å². The molecule has 0 radical (unpaired) electrons. The first-order valence-electron chi connectivity index (χ1n) is 6.56. The molecule has 0 unspecified atom stereocenters. The second-order valence-electron chi connectivity index (χ2n) is 4.87. The predicted octanol–water partition coefficient (Wildman–Crippen LogP) is 2.01. The minimum Gasteiger partial charge on any atom is -0.484 e. The molecule has 0 aliphatic heterocycles. The molecule has 0 saturated heterocycles. The van der Waals surface area contributed by atoms with Gasteiger partial charge in [-0.2, -0.15) is 0 Å². The van der Waals surface area contributed by atoms with E-state index in [0.717, 1.165) is 11.1 Å². The first-order valence-corrected chi connectivity index (χ1v) is 6.56. The summed E-state index contributed by atoms with van der Waals surface area (Å²) in [7, 11) is 1.65. The highest BCUT2D eigenvalue weighted by atomic mass is 16.5. The lowest BCUT2D eigenvalue weighted by atomic mass is 10.1. The van der Waals surface area contributed by atoms with Crippen LogP contribution in [-0.4, -0.2) is 42.1 Å². The van der Waals surface area contributed by atoms with Gasteiger partial charge >= 0.3 is 5.97 Å². The van der Waals surface area contributed by atoms with Crippen LogP contribution in [0.5, 0.6) is 5.75 Å². The van der Waals surface area contributed by atoms with Gasteiger partial charge in [0.2, 0.25) is 0 Å². The van der Waals surface area contributed by atoms with E-state index in [-0.39, 0.29) is 18.9 Å². The van der Waals surface area contributed by atoms with Gasteiger partial charge in [0.1, 0.15) is 5.75 Å². The second-order valence-corrected chi connectivity index (χ2v) is 4.87. The maximum Gasteiger partial charge on any atom is 0.303 e. The lowest BCUT2D eigenvalue weighted by Gasteiger charge is -2.17. The summed E-state index contributed by atoms with van der Waals surface area (Å²) >= 11 is 0. The average molecular weight is 279 g/mol. The number of amides is 1. The van der Waals surface area contributed by atoms with E-state index in [1.54, 1.807) is 7.05 Å². The third-order valence-electron chi connectivity index (χ3n) is 2.99. The summed E-state index contributed by atoms with van der Waals surface area (Å²) in [5.41, 5.74) is 2.14. The van der Waals surface area contributed by atoms with Gasteiger partial charge in [-0.05, 0) is 31.9 Å². The van der Waals surface area contributed by atoms with Crippen molar-refractivity contribution < 1.29 is 19.4 Å². The number of nitrogens with zero attached hydrogens (tertiary/aromatic N) is 1. The van der Waals surface area contributed by atoms with Crippen LogP contribution >= 0.6 is 0 Å². The van der Waals surface area contributed by atoms with Crippen molar-refractivity contribution in [2.45, 2.75) is 26.7 Å². The van der Waals surface area contributed by atoms with E-state index in [9.17, 15) is 9.59 Å². The van der Waals surface area contributed by atoms with E-state index in [4.69, 9.17) is 9.84 Å². The number of carboxylic acids is 1. The lowest BCUT2D eigenvalue weighted by Crippen LogP contribution is -2.32. The first-order chi connectivity index (χ1) is 9.40. The van der Waals surface area contributed by atoms with Crippen LogP contribution < -0.4 is 4.74 Å². The molecule has 0 aliphatic rings. The quantitative estimate of drug-likeness (QED) is 0.829. The van der Waals surface area contributed by atoms with E-state index in [1.807, 2.05) is 32.0 Å². The highest BCUT2D eigenvalue weighted by Gasteiger charge is 2.10. The van der Waals surface area contributed by atoms with Crippen molar-refractivity contribution in [1.29, 1.82) is 0 Å². The van der Waals surface area contributed by atoms with Gasteiger partial charge in [0.25, 0.3) is 5.91 Å². The number of ether oxygens (including phenoxy) is 1. The molecule has 0 heterocycles. The fourth-order valence-electron chi connectivity index (χ4n) is 1.80. The molecule has 1 rings (SSSR count). The highest BCUT2D eigenvalue weighted by Crippen LogP contribution is 2.18. The van der Waals surface area contributed by atoms with Crippen LogP contribution in [0.2, 0.25) is 0 Å². The molecule has 0 spiro atoms. The zero-order valence-electron chi connectivity index (χ0n) is 12.2. The number of aliphatic carboxylic acids is 1. The summed E-state index contributed by atoms with van der Waals surface area (Å²) in [6.45, 7) is 4.32. The highest BCUT2D eigenvalue weighted by molar-refractivity contribution is 5.77. The summed E-state index contributed by atoms with van der Waals surface area (Å²) in [4.78, 5) is 23.7. The molecular weight excluding hydrogens is 258 g/mol. The summed E-state index contributed by atoms with van der Waals surface area (Å²) < 4.78 is 5.49. The Morgan fingerprint density at radius 2 is 2.00 bits per heavy atom. The van der Waals surface area contributed by atoms with Crippen molar-refractivity contribution >= 4 is 11.9 Å². The van der Waals surface area contributed by atoms with Crippen LogP contribution in [0.4, 0.5) is 0 Å². The monoisotopic (exact) mass is 279 g/mol. The normalized spacial score (nSPS) is 10.2. The fraction of sp³-hybridized carbons (Fsp3) is 0.467. The minimum atomic E-state index is -0.850. The third kappa shape index (κ3) is 5.30. The largest absolute Gasteiger partial charge is 0.484 e. The van der Waals surface area contributed by atoms with Crippen molar-refractivity contribution in [2.24, 2.45) is 0 Å². The van der Waals surface area contributed by atoms with Gasteiger partial charge < -0.3 is 14.7 Å². The molecule has 0 fully saturated rings. The molecule has 0 bridgehead atoms. The zero-order chi connectivity index (χ0) is 15.1. The number of hydrogen-bond acceptors (Lipinski definition) is 3. The van der Waals surface area contributed by atoms with Gasteiger partial charge in [-0.3, -0.25) is 9.59 Å². The second kappa shape index (κ2) is 7.53. The Labute approximate surface area is 119 Å². The van der Waals surface area contributed by atoms with E-state index in [0.29, 0.717) is 18.7 Å². The fourth-order valence-corrected chi connectivity index (χ4v) is 1.80. The van der Waals surface area contributed by atoms with Gasteiger partial charge in [-0.15, -0.1) is 0 Å². The molecular formula is C15H21NO4. The van der Waals surface area contributed by atoms with Crippen LogP contribution in [0, 0.1) is 13.8 Å². The van der Waals surface area contributed by atoms with Gasteiger partial charge in [-0.1, -0.05) is 17.7 Å². The van der Waals surface area contributed by atoms with Crippen LogP contribution in [0.1, 0.15) is 24.0 Å². The Balaban J connectivity index is 2.40. The summed E-state index contributed by atoms with van der Waals surface area (Å²) in [6, 6.07) is 5.78. The molecule has 1 aromatic carbocycles. The first kappa shape index (κ1) is 16.0. The molecule has 0 atom stereocenters. The SMILES string of the molecule is Cc1ccc(OCC(=O)N(C)CCCC(=O)O)c(C)c1. The van der Waals surface area contributed by atoms with Crippen LogP contribution in [0.25, 0.3) is 0 Å². The van der Waals surface area contributed by atoms with Gasteiger partial charge in [0.15, 0.2) is 6.61 Å². The summed E-state index contributed by atoms with van der Waals surface area (Å²) in [6.07, 6.45) is 0.511. The standard InChI is InChI=1S/C15H21NO4/c1-11-6-7-13(12(2)9-11)20-10-14(17)16(3)8-4-5-15(18)19/h6-7,9H,4-5,8,10H2,1-3H3,(H,18,19). The van der Waals surface area contributed by atoms with Gasteiger partial charge in [-0.25, -0.2) is 0 Å². The molecule has 110 valence electrons. The number of carboxylic acid groups (broad SMARTS) is 1. The lowest BCUT2D eigenvalue weighted by molar-refractivity contribution is -0.138. The van der Waals surface area contributed by atoms with E-state index < -0.39 is 5.97 Å². The van der Waals surface area contributed by atoms with Crippen molar-refractivity contribution in [3.63, 3.8) is 0 Å². The number of rotatable bonds is 7. The molecule has 20 heavy (non-hydrogen) atoms. The number of carbonyl (C=O) groups is 2. The molecule has 1 amide bonds. The van der Waals surface area contributed by atoms with E-state index >= 15 is 0 Å². The van der Waals surface area contributed by atoms with Crippen molar-refractivity contribution in [2.75, 3.05) is 20.2 Å². The van der Waals surface area contributed by atoms with Crippen LogP contribution in [0.15, 0.2) is 18.2 Å². The van der Waals surface area contributed by atoms with E-state index in [2.05, 4.69) is 0 Å².